The minimum Gasteiger partial charge on any atom is -0.490 e. The molecule has 1 saturated heterocycles. The molecule has 0 amide bonds. The lowest BCUT2D eigenvalue weighted by atomic mass is 9.99. The highest BCUT2D eigenvalue weighted by atomic mass is 16.5. The molecule has 0 aliphatic carbocycles. The first-order valence-corrected chi connectivity index (χ1v) is 7.38. The number of hydrogen-bond donors (Lipinski definition) is 0. The van der Waals surface area contributed by atoms with Crippen molar-refractivity contribution in [2.45, 2.75) is 25.2 Å². The molecule has 4 nitrogen and oxygen atoms in total. The summed E-state index contributed by atoms with van der Waals surface area (Å²) in [6.45, 7) is 4.42. The van der Waals surface area contributed by atoms with E-state index in [0.29, 0.717) is 13.2 Å². The Morgan fingerprint density at radius 2 is 1.85 bits per heavy atom. The maximum Gasteiger partial charge on any atom is 0.161 e. The van der Waals surface area contributed by atoms with Crippen LogP contribution in [0.4, 0.5) is 0 Å². The maximum absolute atomic E-state index is 9.45. The summed E-state index contributed by atoms with van der Waals surface area (Å²) in [4.78, 5) is 2.37. The molecule has 0 N–H and O–H groups in total. The number of rotatable bonds is 3. The van der Waals surface area contributed by atoms with Gasteiger partial charge in [-0.2, -0.15) is 5.26 Å². The van der Waals surface area contributed by atoms with E-state index in [1.807, 2.05) is 18.2 Å². The number of hydrogen-bond acceptors (Lipinski definition) is 4. The average Bonchev–Trinajstić information content (AvgIpc) is 2.87. The normalized spacial score (nSPS) is 20.1. The van der Waals surface area contributed by atoms with Crippen molar-refractivity contribution in [2.75, 3.05) is 32.8 Å². The summed E-state index contributed by atoms with van der Waals surface area (Å²) in [6, 6.07) is 8.34. The summed E-state index contributed by atoms with van der Waals surface area (Å²) in [7, 11) is 0. The maximum atomic E-state index is 9.45. The van der Waals surface area contributed by atoms with Gasteiger partial charge in [-0.1, -0.05) is 6.07 Å². The zero-order valence-corrected chi connectivity index (χ0v) is 11.7. The zero-order chi connectivity index (χ0) is 13.8. The van der Waals surface area contributed by atoms with Crippen LogP contribution < -0.4 is 9.47 Å². The highest BCUT2D eigenvalue weighted by Crippen LogP contribution is 2.33. The zero-order valence-electron chi connectivity index (χ0n) is 11.7. The Morgan fingerprint density at radius 1 is 1.10 bits per heavy atom. The molecule has 3 rings (SSSR count). The molecule has 1 fully saturated rings. The molecule has 1 aromatic carbocycles. The fourth-order valence-electron chi connectivity index (χ4n) is 2.84. The SMILES string of the molecule is N#CC(CN1CCCC1)c1ccc2c(c1)OCCCO2. The van der Waals surface area contributed by atoms with Crippen molar-refractivity contribution in [3.05, 3.63) is 23.8 Å². The number of likely N-dealkylation sites (tertiary alicyclic amines) is 1. The van der Waals surface area contributed by atoms with Gasteiger partial charge in [-0.05, 0) is 43.6 Å². The van der Waals surface area contributed by atoms with Crippen LogP contribution in [-0.2, 0) is 0 Å². The lowest BCUT2D eigenvalue weighted by Crippen LogP contribution is -2.25. The van der Waals surface area contributed by atoms with Crippen LogP contribution in [0.5, 0.6) is 11.5 Å². The van der Waals surface area contributed by atoms with Crippen molar-refractivity contribution in [2.24, 2.45) is 0 Å². The average molecular weight is 272 g/mol. The highest BCUT2D eigenvalue weighted by Gasteiger charge is 2.20. The Labute approximate surface area is 119 Å². The molecule has 4 heteroatoms. The lowest BCUT2D eigenvalue weighted by Gasteiger charge is -2.19. The number of benzene rings is 1. The molecular weight excluding hydrogens is 252 g/mol. The molecule has 0 spiro atoms. The van der Waals surface area contributed by atoms with Crippen LogP contribution in [0.15, 0.2) is 18.2 Å². The van der Waals surface area contributed by atoms with E-state index in [1.54, 1.807) is 0 Å². The Morgan fingerprint density at radius 3 is 2.60 bits per heavy atom. The molecule has 1 aromatic rings. The first-order valence-electron chi connectivity index (χ1n) is 7.38. The third-order valence-corrected chi connectivity index (χ3v) is 3.97. The molecule has 20 heavy (non-hydrogen) atoms. The van der Waals surface area contributed by atoms with E-state index in [0.717, 1.165) is 43.1 Å². The number of nitriles is 1. The molecule has 0 saturated carbocycles. The van der Waals surface area contributed by atoms with E-state index >= 15 is 0 Å². The monoisotopic (exact) mass is 272 g/mol. The molecule has 2 aliphatic rings. The molecule has 106 valence electrons. The minimum atomic E-state index is -0.0924. The second kappa shape index (κ2) is 6.15. The van der Waals surface area contributed by atoms with Crippen LogP contribution in [0.2, 0.25) is 0 Å². The summed E-state index contributed by atoms with van der Waals surface area (Å²) in [5.74, 6) is 1.48. The fourth-order valence-corrected chi connectivity index (χ4v) is 2.84. The second-order valence-corrected chi connectivity index (χ2v) is 5.45. The highest BCUT2D eigenvalue weighted by molar-refractivity contribution is 5.45. The van der Waals surface area contributed by atoms with Crippen molar-refractivity contribution in [3.8, 4) is 17.6 Å². The van der Waals surface area contributed by atoms with E-state index in [1.165, 1.54) is 12.8 Å². The predicted octanol–water partition coefficient (Wildman–Crippen LogP) is 2.55. The van der Waals surface area contributed by atoms with E-state index in [9.17, 15) is 5.26 Å². The third-order valence-electron chi connectivity index (χ3n) is 3.97. The van der Waals surface area contributed by atoms with E-state index in [-0.39, 0.29) is 5.92 Å². The third kappa shape index (κ3) is 2.88. The summed E-state index contributed by atoms with van der Waals surface area (Å²) >= 11 is 0. The molecule has 0 radical (unpaired) electrons. The molecule has 0 bridgehead atoms. The lowest BCUT2D eigenvalue weighted by molar-refractivity contribution is 0.296. The van der Waals surface area contributed by atoms with Crippen molar-refractivity contribution < 1.29 is 9.47 Å². The number of fused-ring (bicyclic) bond motifs is 1. The fraction of sp³-hybridized carbons (Fsp3) is 0.562. The van der Waals surface area contributed by atoms with Gasteiger partial charge in [0.15, 0.2) is 11.5 Å². The van der Waals surface area contributed by atoms with E-state index < -0.39 is 0 Å². The Kier molecular flexibility index (Phi) is 4.08. The molecule has 2 heterocycles. The molecule has 0 aromatic heterocycles. The first kappa shape index (κ1) is 13.3. The Bertz CT molecular complexity index is 504. The van der Waals surface area contributed by atoms with Gasteiger partial charge in [0.25, 0.3) is 0 Å². The summed E-state index contributed by atoms with van der Waals surface area (Å²) < 4.78 is 11.3. The quantitative estimate of drug-likeness (QED) is 0.848. The molecular formula is C16H20N2O2. The van der Waals surface area contributed by atoms with Crippen LogP contribution in [0.1, 0.15) is 30.7 Å². The van der Waals surface area contributed by atoms with E-state index in [2.05, 4.69) is 11.0 Å². The van der Waals surface area contributed by atoms with Gasteiger partial charge >= 0.3 is 0 Å². The Hall–Kier alpha value is -1.73. The van der Waals surface area contributed by atoms with Crippen molar-refractivity contribution in [3.63, 3.8) is 0 Å². The minimum absolute atomic E-state index is 0.0924. The van der Waals surface area contributed by atoms with E-state index in [4.69, 9.17) is 9.47 Å². The molecule has 1 unspecified atom stereocenters. The smallest absolute Gasteiger partial charge is 0.161 e. The standard InChI is InChI=1S/C16H20N2O2/c17-11-14(12-18-6-1-2-7-18)13-4-5-15-16(10-13)20-9-3-8-19-15/h4-5,10,14H,1-3,6-9,12H2. The first-order chi connectivity index (χ1) is 9.86. The van der Waals surface area contributed by atoms with Crippen LogP contribution >= 0.6 is 0 Å². The molecule has 2 aliphatic heterocycles. The van der Waals surface area contributed by atoms with Crippen molar-refractivity contribution in [1.82, 2.24) is 4.90 Å². The predicted molar refractivity (Wildman–Crippen MR) is 76.1 cm³/mol. The van der Waals surface area contributed by atoms with Gasteiger partial charge in [0, 0.05) is 13.0 Å². The van der Waals surface area contributed by atoms with Gasteiger partial charge in [-0.25, -0.2) is 0 Å². The number of ether oxygens (including phenoxy) is 2. The summed E-state index contributed by atoms with van der Waals surface area (Å²) in [5, 5.41) is 9.45. The van der Waals surface area contributed by atoms with Crippen molar-refractivity contribution >= 4 is 0 Å². The van der Waals surface area contributed by atoms with Crippen LogP contribution in [0.25, 0.3) is 0 Å². The van der Waals surface area contributed by atoms with Crippen LogP contribution in [-0.4, -0.2) is 37.7 Å². The number of nitrogens with zero attached hydrogens (tertiary/aromatic N) is 2. The van der Waals surface area contributed by atoms with Gasteiger partial charge in [-0.3, -0.25) is 0 Å². The van der Waals surface area contributed by atoms with Gasteiger partial charge < -0.3 is 14.4 Å². The van der Waals surface area contributed by atoms with Crippen molar-refractivity contribution in [1.29, 1.82) is 5.26 Å². The van der Waals surface area contributed by atoms with Crippen LogP contribution in [0.3, 0.4) is 0 Å². The largest absolute Gasteiger partial charge is 0.490 e. The van der Waals surface area contributed by atoms with Gasteiger partial charge in [-0.15, -0.1) is 0 Å². The topological polar surface area (TPSA) is 45.5 Å². The van der Waals surface area contributed by atoms with Gasteiger partial charge in [0.1, 0.15) is 0 Å². The second-order valence-electron chi connectivity index (χ2n) is 5.45. The van der Waals surface area contributed by atoms with Gasteiger partial charge in [0.05, 0.1) is 25.2 Å². The summed E-state index contributed by atoms with van der Waals surface area (Å²) in [6.07, 6.45) is 3.40. The molecule has 1 atom stereocenters. The van der Waals surface area contributed by atoms with Gasteiger partial charge in [0.2, 0.25) is 0 Å². The summed E-state index contributed by atoms with van der Waals surface area (Å²) in [5.41, 5.74) is 1.03. The van der Waals surface area contributed by atoms with Crippen LogP contribution in [0, 0.1) is 11.3 Å². The Balaban J connectivity index is 1.77.